The molecule has 17 heavy (non-hydrogen) atoms. The topological polar surface area (TPSA) is 41.1 Å². The quantitative estimate of drug-likeness (QED) is 0.877. The normalized spacial score (nSPS) is 14.7. The van der Waals surface area contributed by atoms with Gasteiger partial charge in [0.05, 0.1) is 5.69 Å². The maximum absolute atomic E-state index is 11.7. The summed E-state index contributed by atoms with van der Waals surface area (Å²) in [7, 11) is 0. The van der Waals surface area contributed by atoms with Gasteiger partial charge in [-0.1, -0.05) is 12.1 Å². The van der Waals surface area contributed by atoms with Gasteiger partial charge in [0.2, 0.25) is 5.91 Å². The predicted molar refractivity (Wildman–Crippen MR) is 73.2 cm³/mol. The van der Waals surface area contributed by atoms with Crippen LogP contribution in [-0.4, -0.2) is 18.5 Å². The zero-order valence-electron chi connectivity index (χ0n) is 9.92. The third-order valence-electron chi connectivity index (χ3n) is 2.83. The van der Waals surface area contributed by atoms with Gasteiger partial charge in [-0.2, -0.15) is 0 Å². The van der Waals surface area contributed by atoms with Crippen LogP contribution in [0.3, 0.4) is 0 Å². The summed E-state index contributed by atoms with van der Waals surface area (Å²) in [6.07, 6.45) is 3.03. The molecule has 1 saturated carbocycles. The first-order valence-electron chi connectivity index (χ1n) is 5.95. The van der Waals surface area contributed by atoms with Crippen LogP contribution in [0, 0.1) is 6.92 Å². The predicted octanol–water partition coefficient (Wildman–Crippen LogP) is 2.84. The number of carbonyl (C=O) groups is 1. The fourth-order valence-electron chi connectivity index (χ4n) is 1.63. The maximum Gasteiger partial charge on any atom is 0.225 e. The van der Waals surface area contributed by atoms with Gasteiger partial charge >= 0.3 is 0 Å². The Morgan fingerprint density at radius 1 is 1.47 bits per heavy atom. The van der Waals surface area contributed by atoms with Gasteiger partial charge in [0.25, 0.3) is 0 Å². The van der Waals surface area contributed by atoms with E-state index in [1.165, 1.54) is 12.8 Å². The highest BCUT2D eigenvalue weighted by Gasteiger charge is 2.20. The van der Waals surface area contributed by atoms with Crippen LogP contribution in [0.2, 0.25) is 0 Å². The highest BCUT2D eigenvalue weighted by atomic mass is 79.9. The Hall–Kier alpha value is -0.870. The Kier molecular flexibility index (Phi) is 4.18. The van der Waals surface area contributed by atoms with Crippen molar-refractivity contribution in [2.75, 3.05) is 11.9 Å². The van der Waals surface area contributed by atoms with Crippen LogP contribution in [0.5, 0.6) is 0 Å². The number of rotatable bonds is 5. The molecule has 1 aliphatic rings. The van der Waals surface area contributed by atoms with Gasteiger partial charge in [0, 0.05) is 23.5 Å². The van der Waals surface area contributed by atoms with Crippen LogP contribution in [0.15, 0.2) is 22.7 Å². The Morgan fingerprint density at radius 3 is 2.94 bits per heavy atom. The Morgan fingerprint density at radius 2 is 2.24 bits per heavy atom. The fourth-order valence-corrected chi connectivity index (χ4v) is 2.00. The van der Waals surface area contributed by atoms with E-state index in [-0.39, 0.29) is 5.91 Å². The van der Waals surface area contributed by atoms with Crippen molar-refractivity contribution in [1.82, 2.24) is 5.32 Å². The molecule has 0 bridgehead atoms. The molecule has 0 radical (unpaired) electrons. The van der Waals surface area contributed by atoms with Crippen molar-refractivity contribution in [3.05, 3.63) is 28.2 Å². The molecular weight excluding hydrogens is 280 g/mol. The summed E-state index contributed by atoms with van der Waals surface area (Å²) in [5.74, 6) is 0.0597. The molecule has 1 aliphatic carbocycles. The summed E-state index contributed by atoms with van der Waals surface area (Å²) >= 11 is 3.48. The Labute approximate surface area is 110 Å². The lowest BCUT2D eigenvalue weighted by Crippen LogP contribution is -2.23. The van der Waals surface area contributed by atoms with Crippen molar-refractivity contribution in [1.29, 1.82) is 0 Å². The van der Waals surface area contributed by atoms with E-state index < -0.39 is 0 Å². The highest BCUT2D eigenvalue weighted by molar-refractivity contribution is 9.10. The summed E-state index contributed by atoms with van der Waals surface area (Å²) in [4.78, 5) is 11.7. The van der Waals surface area contributed by atoms with Crippen molar-refractivity contribution < 1.29 is 4.79 Å². The van der Waals surface area contributed by atoms with Crippen molar-refractivity contribution in [2.45, 2.75) is 32.2 Å². The zero-order valence-corrected chi connectivity index (χ0v) is 11.5. The molecule has 0 aliphatic heterocycles. The molecule has 2 rings (SSSR count). The van der Waals surface area contributed by atoms with E-state index in [4.69, 9.17) is 0 Å². The molecule has 0 atom stereocenters. The number of aryl methyl sites for hydroxylation is 1. The van der Waals surface area contributed by atoms with Gasteiger partial charge in [-0.05, 0) is 47.3 Å². The van der Waals surface area contributed by atoms with Gasteiger partial charge < -0.3 is 10.6 Å². The second-order valence-electron chi connectivity index (χ2n) is 4.46. The van der Waals surface area contributed by atoms with E-state index in [0.717, 1.165) is 22.3 Å². The zero-order chi connectivity index (χ0) is 12.3. The van der Waals surface area contributed by atoms with Gasteiger partial charge in [-0.3, -0.25) is 4.79 Å². The van der Waals surface area contributed by atoms with Crippen LogP contribution in [0.4, 0.5) is 5.69 Å². The van der Waals surface area contributed by atoms with Crippen molar-refractivity contribution in [3.8, 4) is 0 Å². The molecule has 0 spiro atoms. The molecule has 1 aromatic carbocycles. The van der Waals surface area contributed by atoms with Gasteiger partial charge in [0.1, 0.15) is 0 Å². The minimum atomic E-state index is 0.0597. The molecule has 0 unspecified atom stereocenters. The second-order valence-corrected chi connectivity index (χ2v) is 5.26. The first-order chi connectivity index (χ1) is 8.16. The van der Waals surface area contributed by atoms with E-state index >= 15 is 0 Å². The molecular formula is C13H17BrN2O. The smallest absolute Gasteiger partial charge is 0.225 e. The van der Waals surface area contributed by atoms with E-state index in [2.05, 4.69) is 26.6 Å². The number of amides is 1. The van der Waals surface area contributed by atoms with Crippen LogP contribution in [0.1, 0.15) is 24.8 Å². The van der Waals surface area contributed by atoms with E-state index in [9.17, 15) is 4.79 Å². The number of anilines is 1. The number of hydrogen-bond acceptors (Lipinski definition) is 2. The summed E-state index contributed by atoms with van der Waals surface area (Å²) in [5, 5.41) is 6.25. The molecule has 1 amide bonds. The molecule has 3 nitrogen and oxygen atoms in total. The standard InChI is InChI=1S/C13H17BrN2O/c1-9-3-2-4-11(13(9)14)16-12(17)7-8-15-10-5-6-10/h2-4,10,15H,5-8H2,1H3,(H,16,17). The molecule has 4 heteroatoms. The third-order valence-corrected chi connectivity index (χ3v) is 3.88. The van der Waals surface area contributed by atoms with Crippen molar-refractivity contribution >= 4 is 27.5 Å². The minimum absolute atomic E-state index is 0.0597. The highest BCUT2D eigenvalue weighted by Crippen LogP contribution is 2.25. The summed E-state index contributed by atoms with van der Waals surface area (Å²) < 4.78 is 0.962. The molecule has 0 heterocycles. The largest absolute Gasteiger partial charge is 0.325 e. The van der Waals surface area contributed by atoms with Crippen LogP contribution in [0.25, 0.3) is 0 Å². The van der Waals surface area contributed by atoms with E-state index in [0.29, 0.717) is 12.5 Å². The average molecular weight is 297 g/mol. The average Bonchev–Trinajstić information content (AvgIpc) is 3.09. The van der Waals surface area contributed by atoms with Gasteiger partial charge in [-0.25, -0.2) is 0 Å². The van der Waals surface area contributed by atoms with Crippen LogP contribution in [-0.2, 0) is 4.79 Å². The summed E-state index contributed by atoms with van der Waals surface area (Å²) in [5.41, 5.74) is 1.97. The van der Waals surface area contributed by atoms with Crippen molar-refractivity contribution in [2.24, 2.45) is 0 Å². The lowest BCUT2D eigenvalue weighted by atomic mass is 10.2. The summed E-state index contributed by atoms with van der Waals surface area (Å²) in [6.45, 7) is 2.77. The van der Waals surface area contributed by atoms with Crippen LogP contribution < -0.4 is 10.6 Å². The SMILES string of the molecule is Cc1cccc(NC(=O)CCNC2CC2)c1Br. The monoisotopic (exact) mass is 296 g/mol. The Bertz CT molecular complexity index is 416. The lowest BCUT2D eigenvalue weighted by molar-refractivity contribution is -0.116. The summed E-state index contributed by atoms with van der Waals surface area (Å²) in [6, 6.07) is 6.52. The first-order valence-corrected chi connectivity index (χ1v) is 6.74. The number of hydrogen-bond donors (Lipinski definition) is 2. The van der Waals surface area contributed by atoms with E-state index in [1.54, 1.807) is 0 Å². The molecule has 2 N–H and O–H groups in total. The van der Waals surface area contributed by atoms with Gasteiger partial charge in [0.15, 0.2) is 0 Å². The number of nitrogens with one attached hydrogen (secondary N) is 2. The fraction of sp³-hybridized carbons (Fsp3) is 0.462. The second kappa shape index (κ2) is 5.65. The van der Waals surface area contributed by atoms with E-state index in [1.807, 2.05) is 25.1 Å². The Balaban J connectivity index is 1.82. The number of halogens is 1. The molecule has 1 aromatic rings. The molecule has 1 fully saturated rings. The molecule has 92 valence electrons. The first kappa shape index (κ1) is 12.6. The van der Waals surface area contributed by atoms with Crippen LogP contribution >= 0.6 is 15.9 Å². The number of carbonyl (C=O) groups excluding carboxylic acids is 1. The molecule has 0 saturated heterocycles. The van der Waals surface area contributed by atoms with Gasteiger partial charge in [-0.15, -0.1) is 0 Å². The maximum atomic E-state index is 11.7. The molecule has 0 aromatic heterocycles. The minimum Gasteiger partial charge on any atom is -0.325 e. The van der Waals surface area contributed by atoms with Crippen molar-refractivity contribution in [3.63, 3.8) is 0 Å². The lowest BCUT2D eigenvalue weighted by Gasteiger charge is -2.09. The number of benzene rings is 1. The third kappa shape index (κ3) is 3.82.